The van der Waals surface area contributed by atoms with Crippen LogP contribution in [0.15, 0.2) is 0 Å². The van der Waals surface area contributed by atoms with Gasteiger partial charge < -0.3 is 14.7 Å². The lowest BCUT2D eigenvalue weighted by atomic mass is 9.76. The quantitative estimate of drug-likeness (QED) is 0.814. The first-order valence-corrected chi connectivity index (χ1v) is 9.81. The van der Waals surface area contributed by atoms with Crippen LogP contribution in [0.5, 0.6) is 0 Å². The summed E-state index contributed by atoms with van der Waals surface area (Å²) >= 11 is 0. The molecule has 0 radical (unpaired) electrons. The maximum absolute atomic E-state index is 9.61. The molecule has 128 valence electrons. The number of hydrogen-bond donors (Lipinski definition) is 1. The van der Waals surface area contributed by atoms with E-state index in [1.807, 2.05) is 0 Å². The highest BCUT2D eigenvalue weighted by molar-refractivity contribution is 4.79. The van der Waals surface area contributed by atoms with Gasteiger partial charge in [0.2, 0.25) is 0 Å². The summed E-state index contributed by atoms with van der Waals surface area (Å²) in [4.78, 5) is 2.54. The van der Waals surface area contributed by atoms with Crippen molar-refractivity contribution in [2.75, 3.05) is 26.2 Å². The Morgan fingerprint density at radius 1 is 0.818 bits per heavy atom. The van der Waals surface area contributed by atoms with Gasteiger partial charge in [0, 0.05) is 6.54 Å². The van der Waals surface area contributed by atoms with E-state index in [1.165, 1.54) is 70.9 Å². The summed E-state index contributed by atoms with van der Waals surface area (Å²) in [6, 6.07) is 0. The lowest BCUT2D eigenvalue weighted by Crippen LogP contribution is -2.29. The fourth-order valence-electron chi connectivity index (χ4n) is 4.74. The molecule has 3 heteroatoms. The van der Waals surface area contributed by atoms with Crippen LogP contribution in [-0.4, -0.2) is 48.5 Å². The minimum absolute atomic E-state index is 0.00371. The fourth-order valence-corrected chi connectivity index (χ4v) is 4.74. The monoisotopic (exact) mass is 309 g/mol. The summed E-state index contributed by atoms with van der Waals surface area (Å²) in [5.41, 5.74) is 0. The topological polar surface area (TPSA) is 32.7 Å². The summed E-state index contributed by atoms with van der Waals surface area (Å²) < 4.78 is 6.12. The van der Waals surface area contributed by atoms with Crippen LogP contribution in [0.4, 0.5) is 0 Å². The third-order valence-electron chi connectivity index (χ3n) is 6.24. The standard InChI is InChI=1S/C19H35NO2/c21-18-7-3-16(4-8-18)15-17-5-9-19(10-6-17)22-14-13-20-11-1-2-12-20/h16-19,21H,1-15H2. The highest BCUT2D eigenvalue weighted by Crippen LogP contribution is 2.36. The molecule has 1 aliphatic heterocycles. The summed E-state index contributed by atoms with van der Waals surface area (Å²) in [7, 11) is 0. The first-order valence-electron chi connectivity index (χ1n) is 9.81. The van der Waals surface area contributed by atoms with Crippen molar-refractivity contribution >= 4 is 0 Å². The van der Waals surface area contributed by atoms with E-state index in [0.29, 0.717) is 6.10 Å². The third kappa shape index (κ3) is 5.21. The lowest BCUT2D eigenvalue weighted by molar-refractivity contribution is 0.00574. The van der Waals surface area contributed by atoms with Crippen LogP contribution in [0.25, 0.3) is 0 Å². The van der Waals surface area contributed by atoms with Crippen molar-refractivity contribution in [3.63, 3.8) is 0 Å². The Morgan fingerprint density at radius 3 is 2.05 bits per heavy atom. The predicted molar refractivity (Wildman–Crippen MR) is 90.0 cm³/mol. The fraction of sp³-hybridized carbons (Fsp3) is 1.00. The van der Waals surface area contributed by atoms with Crippen LogP contribution in [0.2, 0.25) is 0 Å². The second-order valence-corrected chi connectivity index (χ2v) is 7.97. The van der Waals surface area contributed by atoms with Gasteiger partial charge in [-0.3, -0.25) is 0 Å². The van der Waals surface area contributed by atoms with Crippen molar-refractivity contribution in [3.05, 3.63) is 0 Å². The van der Waals surface area contributed by atoms with E-state index in [4.69, 9.17) is 4.74 Å². The molecule has 1 saturated heterocycles. The molecule has 2 aliphatic carbocycles. The molecular formula is C19H35NO2. The number of rotatable bonds is 6. The first-order chi connectivity index (χ1) is 10.8. The molecule has 0 atom stereocenters. The van der Waals surface area contributed by atoms with Crippen molar-refractivity contribution < 1.29 is 9.84 Å². The summed E-state index contributed by atoms with van der Waals surface area (Å²) in [6.45, 7) is 4.65. The van der Waals surface area contributed by atoms with Crippen LogP contribution in [0, 0.1) is 11.8 Å². The van der Waals surface area contributed by atoms with Crippen molar-refractivity contribution in [1.82, 2.24) is 4.90 Å². The van der Waals surface area contributed by atoms with Crippen molar-refractivity contribution in [3.8, 4) is 0 Å². The van der Waals surface area contributed by atoms with E-state index in [2.05, 4.69) is 4.90 Å². The Kier molecular flexibility index (Phi) is 6.58. The van der Waals surface area contributed by atoms with Crippen LogP contribution in [-0.2, 0) is 4.74 Å². The molecule has 3 aliphatic rings. The Morgan fingerprint density at radius 2 is 1.41 bits per heavy atom. The second-order valence-electron chi connectivity index (χ2n) is 7.97. The van der Waals surface area contributed by atoms with Gasteiger partial charge in [0.1, 0.15) is 0 Å². The molecular weight excluding hydrogens is 274 g/mol. The Balaban J connectivity index is 1.26. The number of nitrogens with zero attached hydrogens (tertiary/aromatic N) is 1. The molecule has 1 heterocycles. The largest absolute Gasteiger partial charge is 0.393 e. The zero-order chi connectivity index (χ0) is 15.2. The molecule has 0 spiro atoms. The molecule has 0 amide bonds. The van der Waals surface area contributed by atoms with Gasteiger partial charge in [-0.2, -0.15) is 0 Å². The maximum atomic E-state index is 9.61. The molecule has 22 heavy (non-hydrogen) atoms. The predicted octanol–water partition coefficient (Wildman–Crippen LogP) is 3.60. The smallest absolute Gasteiger partial charge is 0.0597 e. The van der Waals surface area contributed by atoms with Crippen molar-refractivity contribution in [1.29, 1.82) is 0 Å². The number of ether oxygens (including phenoxy) is 1. The minimum atomic E-state index is -0.00371. The summed E-state index contributed by atoms with van der Waals surface area (Å²) in [5, 5.41) is 9.61. The van der Waals surface area contributed by atoms with E-state index in [0.717, 1.165) is 37.8 Å². The van der Waals surface area contributed by atoms with E-state index in [9.17, 15) is 5.11 Å². The zero-order valence-electron chi connectivity index (χ0n) is 14.2. The van der Waals surface area contributed by atoms with Gasteiger partial charge in [0.05, 0.1) is 18.8 Å². The van der Waals surface area contributed by atoms with Crippen LogP contribution >= 0.6 is 0 Å². The van der Waals surface area contributed by atoms with Gasteiger partial charge in [-0.05, 0) is 95.6 Å². The van der Waals surface area contributed by atoms with Crippen LogP contribution < -0.4 is 0 Å². The van der Waals surface area contributed by atoms with E-state index < -0.39 is 0 Å². The van der Waals surface area contributed by atoms with Crippen LogP contribution in [0.3, 0.4) is 0 Å². The second kappa shape index (κ2) is 8.65. The van der Waals surface area contributed by atoms with E-state index in [-0.39, 0.29) is 6.10 Å². The molecule has 0 aromatic carbocycles. The highest BCUT2D eigenvalue weighted by Gasteiger charge is 2.26. The SMILES string of the molecule is OC1CCC(CC2CCC(OCCN3CCCC3)CC2)CC1. The van der Waals surface area contributed by atoms with Gasteiger partial charge in [-0.25, -0.2) is 0 Å². The molecule has 0 aromatic rings. The molecule has 0 aromatic heterocycles. The number of aliphatic hydroxyl groups is 1. The van der Waals surface area contributed by atoms with E-state index >= 15 is 0 Å². The molecule has 3 nitrogen and oxygen atoms in total. The average Bonchev–Trinajstić information content (AvgIpc) is 3.05. The normalized spacial score (nSPS) is 37.5. The van der Waals surface area contributed by atoms with Gasteiger partial charge >= 0.3 is 0 Å². The average molecular weight is 309 g/mol. The number of hydrogen-bond acceptors (Lipinski definition) is 3. The van der Waals surface area contributed by atoms with Gasteiger partial charge in [-0.15, -0.1) is 0 Å². The summed E-state index contributed by atoms with van der Waals surface area (Å²) in [6.07, 6.45) is 14.6. The maximum Gasteiger partial charge on any atom is 0.0597 e. The van der Waals surface area contributed by atoms with Crippen molar-refractivity contribution in [2.24, 2.45) is 11.8 Å². The van der Waals surface area contributed by atoms with Gasteiger partial charge in [0.25, 0.3) is 0 Å². The molecule has 3 fully saturated rings. The lowest BCUT2D eigenvalue weighted by Gasteiger charge is -2.33. The number of likely N-dealkylation sites (tertiary alicyclic amines) is 1. The molecule has 0 bridgehead atoms. The third-order valence-corrected chi connectivity index (χ3v) is 6.24. The van der Waals surface area contributed by atoms with Gasteiger partial charge in [0.15, 0.2) is 0 Å². The molecule has 1 N–H and O–H groups in total. The van der Waals surface area contributed by atoms with Gasteiger partial charge in [-0.1, -0.05) is 0 Å². The van der Waals surface area contributed by atoms with Crippen LogP contribution in [0.1, 0.15) is 70.6 Å². The Bertz CT molecular complexity index is 301. The Hall–Kier alpha value is -0.120. The van der Waals surface area contributed by atoms with E-state index in [1.54, 1.807) is 0 Å². The van der Waals surface area contributed by atoms with Crippen molar-refractivity contribution in [2.45, 2.75) is 82.8 Å². The number of aliphatic hydroxyl groups excluding tert-OH is 1. The highest BCUT2D eigenvalue weighted by atomic mass is 16.5. The summed E-state index contributed by atoms with van der Waals surface area (Å²) in [5.74, 6) is 1.82. The minimum Gasteiger partial charge on any atom is -0.393 e. The Labute approximate surface area is 136 Å². The first kappa shape index (κ1) is 16.7. The molecule has 2 saturated carbocycles. The molecule has 3 rings (SSSR count). The zero-order valence-corrected chi connectivity index (χ0v) is 14.2. The molecule has 0 unspecified atom stereocenters.